The Hall–Kier alpha value is -3.94. The Morgan fingerprint density at radius 2 is 1.97 bits per heavy atom. The number of esters is 1. The van der Waals surface area contributed by atoms with Crippen LogP contribution in [0.1, 0.15) is 21.8 Å². The lowest BCUT2D eigenvalue weighted by molar-refractivity contribution is 0.0465. The van der Waals surface area contributed by atoms with Crippen molar-refractivity contribution in [2.24, 2.45) is 0 Å². The highest BCUT2D eigenvalue weighted by Crippen LogP contribution is 2.27. The van der Waals surface area contributed by atoms with Gasteiger partial charge in [-0.25, -0.2) is 13.9 Å². The second-order valence-electron chi connectivity index (χ2n) is 6.55. The highest BCUT2D eigenvalue weighted by atomic mass is 19.1. The quantitative estimate of drug-likeness (QED) is 0.443. The van der Waals surface area contributed by atoms with Crippen molar-refractivity contribution >= 4 is 5.97 Å². The third-order valence-electron chi connectivity index (χ3n) is 4.40. The number of hydrogen-bond acceptors (Lipinski definition) is 6. The van der Waals surface area contributed by atoms with Gasteiger partial charge in [0.1, 0.15) is 40.9 Å². The molecule has 4 aromatic rings. The number of carbonyl (C=O) groups excluding carboxylic acids is 1. The molecular formula is C22H18FN3O4. The number of methoxy groups -OCH3 is 1. The zero-order chi connectivity index (χ0) is 21.1. The standard InChI is InChI=1S/C22H18FN3O4/c1-14-10-17(25-30-14)13-29-22(27)20-12-26(18-8-6-16(23)7-9-18)24-21(20)15-4-3-5-19(11-15)28-2/h3-12H,13H2,1-2H3. The van der Waals surface area contributed by atoms with Crippen LogP contribution >= 0.6 is 0 Å². The van der Waals surface area contributed by atoms with Crippen LogP contribution in [0.5, 0.6) is 5.75 Å². The van der Waals surface area contributed by atoms with Crippen LogP contribution in [-0.2, 0) is 11.3 Å². The van der Waals surface area contributed by atoms with Crippen LogP contribution in [0.4, 0.5) is 4.39 Å². The summed E-state index contributed by atoms with van der Waals surface area (Å²) >= 11 is 0. The van der Waals surface area contributed by atoms with Gasteiger partial charge in [0.15, 0.2) is 0 Å². The molecule has 8 heteroatoms. The van der Waals surface area contributed by atoms with Gasteiger partial charge in [-0.2, -0.15) is 5.10 Å². The van der Waals surface area contributed by atoms with E-state index in [-0.39, 0.29) is 18.0 Å². The summed E-state index contributed by atoms with van der Waals surface area (Å²) in [6, 6.07) is 14.7. The Bertz CT molecular complexity index is 1180. The van der Waals surface area contributed by atoms with E-state index in [1.54, 1.807) is 56.6 Å². The zero-order valence-electron chi connectivity index (χ0n) is 16.3. The van der Waals surface area contributed by atoms with Gasteiger partial charge >= 0.3 is 5.97 Å². The van der Waals surface area contributed by atoms with Crippen molar-refractivity contribution in [2.45, 2.75) is 13.5 Å². The lowest BCUT2D eigenvalue weighted by Gasteiger charge is -2.05. The maximum atomic E-state index is 13.3. The number of halogens is 1. The Morgan fingerprint density at radius 3 is 2.67 bits per heavy atom. The van der Waals surface area contributed by atoms with Crippen LogP contribution in [0, 0.1) is 12.7 Å². The normalized spacial score (nSPS) is 10.8. The van der Waals surface area contributed by atoms with E-state index in [4.69, 9.17) is 14.0 Å². The monoisotopic (exact) mass is 407 g/mol. The summed E-state index contributed by atoms with van der Waals surface area (Å²) in [6.07, 6.45) is 1.55. The molecule has 0 fully saturated rings. The van der Waals surface area contributed by atoms with Crippen LogP contribution in [-0.4, -0.2) is 28.0 Å². The van der Waals surface area contributed by atoms with E-state index < -0.39 is 5.97 Å². The molecule has 152 valence electrons. The fraction of sp³-hybridized carbons (Fsp3) is 0.136. The Balaban J connectivity index is 1.70. The lowest BCUT2D eigenvalue weighted by atomic mass is 10.1. The molecule has 0 spiro atoms. The molecule has 2 aromatic carbocycles. The third kappa shape index (κ3) is 4.07. The van der Waals surface area contributed by atoms with Gasteiger partial charge < -0.3 is 14.0 Å². The van der Waals surface area contributed by atoms with Crippen molar-refractivity contribution in [3.8, 4) is 22.7 Å². The summed E-state index contributed by atoms with van der Waals surface area (Å²) in [5, 5.41) is 8.36. The van der Waals surface area contributed by atoms with Gasteiger partial charge in [0.2, 0.25) is 0 Å². The zero-order valence-corrected chi connectivity index (χ0v) is 16.3. The average molecular weight is 407 g/mol. The number of benzene rings is 2. The number of aromatic nitrogens is 3. The van der Waals surface area contributed by atoms with Crippen molar-refractivity contribution in [1.29, 1.82) is 0 Å². The van der Waals surface area contributed by atoms with Crippen LogP contribution in [0.3, 0.4) is 0 Å². The Morgan fingerprint density at radius 1 is 1.17 bits per heavy atom. The summed E-state index contributed by atoms with van der Waals surface area (Å²) in [7, 11) is 1.56. The highest BCUT2D eigenvalue weighted by molar-refractivity contribution is 5.96. The van der Waals surface area contributed by atoms with E-state index in [1.807, 2.05) is 6.07 Å². The van der Waals surface area contributed by atoms with E-state index in [9.17, 15) is 9.18 Å². The molecule has 0 saturated carbocycles. The van der Waals surface area contributed by atoms with Gasteiger partial charge in [0, 0.05) is 17.8 Å². The molecule has 0 bridgehead atoms. The smallest absolute Gasteiger partial charge is 0.342 e. The van der Waals surface area contributed by atoms with Crippen LogP contribution in [0.2, 0.25) is 0 Å². The number of rotatable bonds is 6. The lowest BCUT2D eigenvalue weighted by Crippen LogP contribution is -2.06. The van der Waals surface area contributed by atoms with Crippen molar-refractivity contribution in [1.82, 2.24) is 14.9 Å². The fourth-order valence-corrected chi connectivity index (χ4v) is 2.94. The van der Waals surface area contributed by atoms with Crippen LogP contribution < -0.4 is 4.74 Å². The SMILES string of the molecule is COc1cccc(-c2nn(-c3ccc(F)cc3)cc2C(=O)OCc2cc(C)on2)c1. The first-order chi connectivity index (χ1) is 14.5. The number of carbonyl (C=O) groups is 1. The minimum absolute atomic E-state index is 0.0323. The molecule has 7 nitrogen and oxygen atoms in total. The van der Waals surface area contributed by atoms with Crippen molar-refractivity contribution in [3.63, 3.8) is 0 Å². The molecule has 0 aliphatic heterocycles. The fourth-order valence-electron chi connectivity index (χ4n) is 2.94. The molecule has 0 saturated heterocycles. The molecule has 0 aliphatic carbocycles. The maximum absolute atomic E-state index is 13.3. The van der Waals surface area contributed by atoms with E-state index in [0.29, 0.717) is 34.1 Å². The largest absolute Gasteiger partial charge is 0.497 e. The van der Waals surface area contributed by atoms with Gasteiger partial charge in [-0.15, -0.1) is 0 Å². The molecular weight excluding hydrogens is 389 g/mol. The van der Waals surface area contributed by atoms with E-state index in [2.05, 4.69) is 10.3 Å². The predicted octanol–water partition coefficient (Wildman–Crippen LogP) is 4.34. The Labute approximate surface area is 171 Å². The first-order valence-electron chi connectivity index (χ1n) is 9.13. The molecule has 30 heavy (non-hydrogen) atoms. The summed E-state index contributed by atoms with van der Waals surface area (Å²) in [6.45, 7) is 1.72. The van der Waals surface area contributed by atoms with Crippen LogP contribution in [0.25, 0.3) is 16.9 Å². The summed E-state index contributed by atoms with van der Waals surface area (Å²) in [5.41, 5.74) is 2.47. The maximum Gasteiger partial charge on any atom is 0.342 e. The molecule has 0 atom stereocenters. The first kappa shape index (κ1) is 19.4. The molecule has 0 amide bonds. The summed E-state index contributed by atoms with van der Waals surface area (Å²) in [5.74, 6) is 0.326. The predicted molar refractivity (Wildman–Crippen MR) is 106 cm³/mol. The number of ether oxygens (including phenoxy) is 2. The number of nitrogens with zero attached hydrogens (tertiary/aromatic N) is 3. The average Bonchev–Trinajstić information content (AvgIpc) is 3.39. The van der Waals surface area contributed by atoms with Gasteiger partial charge in [0.25, 0.3) is 0 Å². The molecule has 0 unspecified atom stereocenters. The summed E-state index contributed by atoms with van der Waals surface area (Å²) in [4.78, 5) is 12.8. The third-order valence-corrected chi connectivity index (χ3v) is 4.40. The highest BCUT2D eigenvalue weighted by Gasteiger charge is 2.21. The Kier molecular flexibility index (Phi) is 5.30. The number of aryl methyl sites for hydroxylation is 1. The van der Waals surface area contributed by atoms with Crippen molar-refractivity contribution < 1.29 is 23.2 Å². The topological polar surface area (TPSA) is 79.4 Å². The van der Waals surface area contributed by atoms with E-state index >= 15 is 0 Å². The molecule has 2 heterocycles. The van der Waals surface area contributed by atoms with E-state index in [0.717, 1.165) is 0 Å². The van der Waals surface area contributed by atoms with Gasteiger partial charge in [-0.05, 0) is 43.3 Å². The number of hydrogen-bond donors (Lipinski definition) is 0. The van der Waals surface area contributed by atoms with E-state index in [1.165, 1.54) is 16.8 Å². The minimum atomic E-state index is -0.568. The molecule has 2 aromatic heterocycles. The molecule has 0 radical (unpaired) electrons. The second kappa shape index (κ2) is 8.20. The van der Waals surface area contributed by atoms with Crippen LogP contribution in [0.15, 0.2) is 65.3 Å². The first-order valence-corrected chi connectivity index (χ1v) is 9.13. The minimum Gasteiger partial charge on any atom is -0.497 e. The van der Waals surface area contributed by atoms with Crippen molar-refractivity contribution in [3.05, 3.63) is 83.6 Å². The molecule has 0 aliphatic rings. The van der Waals surface area contributed by atoms with Gasteiger partial charge in [-0.3, -0.25) is 0 Å². The van der Waals surface area contributed by atoms with Gasteiger partial charge in [-0.1, -0.05) is 17.3 Å². The summed E-state index contributed by atoms with van der Waals surface area (Å²) < 4.78 is 30.5. The second-order valence-corrected chi connectivity index (χ2v) is 6.55. The molecule has 0 N–H and O–H groups in total. The van der Waals surface area contributed by atoms with Gasteiger partial charge in [0.05, 0.1) is 12.8 Å². The molecule has 4 rings (SSSR count). The van der Waals surface area contributed by atoms with Crippen molar-refractivity contribution in [2.75, 3.05) is 7.11 Å².